The van der Waals surface area contributed by atoms with Crippen LogP contribution in [0.2, 0.25) is 0 Å². The van der Waals surface area contributed by atoms with Crippen LogP contribution < -0.4 is 10.1 Å². The highest BCUT2D eigenvalue weighted by Gasteiger charge is 2.10. The summed E-state index contributed by atoms with van der Waals surface area (Å²) in [5.74, 6) is 0.684. The molecular weight excluding hydrogens is 396 g/mol. The molecule has 0 radical (unpaired) electrons. The highest BCUT2D eigenvalue weighted by molar-refractivity contribution is 9.11. The van der Waals surface area contributed by atoms with Crippen molar-refractivity contribution in [2.45, 2.75) is 13.0 Å². The van der Waals surface area contributed by atoms with Crippen molar-refractivity contribution in [3.8, 4) is 11.8 Å². The predicted octanol–water partition coefficient (Wildman–Crippen LogP) is 5.29. The number of nitrogens with zero attached hydrogens (tertiary/aromatic N) is 1. The van der Waals surface area contributed by atoms with E-state index >= 15 is 0 Å². The van der Waals surface area contributed by atoms with Crippen molar-refractivity contribution < 1.29 is 4.74 Å². The molecule has 2 aromatic carbocycles. The van der Waals surface area contributed by atoms with E-state index in [4.69, 9.17) is 10.00 Å². The van der Waals surface area contributed by atoms with Gasteiger partial charge in [0.25, 0.3) is 0 Å². The van der Waals surface area contributed by atoms with Crippen LogP contribution in [0.3, 0.4) is 0 Å². The Bertz CT molecular complexity index is 668. The lowest BCUT2D eigenvalue weighted by atomic mass is 10.1. The van der Waals surface area contributed by atoms with Crippen LogP contribution in [-0.4, -0.2) is 6.61 Å². The van der Waals surface area contributed by atoms with Crippen LogP contribution in [0.25, 0.3) is 0 Å². The number of hydrogen-bond donors (Lipinski definition) is 1. The maximum absolute atomic E-state index is 8.54. The van der Waals surface area contributed by atoms with Gasteiger partial charge in [0.1, 0.15) is 11.8 Å². The van der Waals surface area contributed by atoms with Gasteiger partial charge in [-0.25, -0.2) is 0 Å². The smallest absolute Gasteiger partial charge is 0.174 e. The topological polar surface area (TPSA) is 45.0 Å². The van der Waals surface area contributed by atoms with E-state index in [0.29, 0.717) is 5.75 Å². The minimum Gasteiger partial charge on any atom is -0.479 e. The summed E-state index contributed by atoms with van der Waals surface area (Å²) < 4.78 is 7.39. The van der Waals surface area contributed by atoms with Gasteiger partial charge in [0, 0.05) is 26.7 Å². The van der Waals surface area contributed by atoms with E-state index in [1.54, 1.807) is 0 Å². The zero-order chi connectivity index (χ0) is 15.2. The summed E-state index contributed by atoms with van der Waals surface area (Å²) in [6.45, 7) is 2.15. The Morgan fingerprint density at radius 1 is 1.24 bits per heavy atom. The van der Waals surface area contributed by atoms with Gasteiger partial charge in [0.05, 0.1) is 0 Å². The van der Waals surface area contributed by atoms with E-state index in [-0.39, 0.29) is 12.6 Å². The molecule has 0 spiro atoms. The molecule has 0 aromatic heterocycles. The molecule has 1 atom stereocenters. The van der Waals surface area contributed by atoms with Crippen molar-refractivity contribution >= 4 is 37.5 Å². The molecule has 21 heavy (non-hydrogen) atoms. The molecule has 3 nitrogen and oxygen atoms in total. The van der Waals surface area contributed by atoms with Crippen LogP contribution in [0.5, 0.6) is 5.75 Å². The average Bonchev–Trinajstić information content (AvgIpc) is 2.45. The van der Waals surface area contributed by atoms with Gasteiger partial charge in [0.15, 0.2) is 6.61 Å². The van der Waals surface area contributed by atoms with Crippen LogP contribution in [-0.2, 0) is 0 Å². The molecule has 0 saturated heterocycles. The largest absolute Gasteiger partial charge is 0.479 e. The maximum Gasteiger partial charge on any atom is 0.174 e. The molecule has 0 heterocycles. The first-order valence-electron chi connectivity index (χ1n) is 6.41. The summed E-state index contributed by atoms with van der Waals surface area (Å²) in [5.41, 5.74) is 2.12. The van der Waals surface area contributed by atoms with Gasteiger partial charge >= 0.3 is 0 Å². The van der Waals surface area contributed by atoms with Crippen molar-refractivity contribution in [1.29, 1.82) is 5.26 Å². The number of halogens is 2. The van der Waals surface area contributed by atoms with E-state index in [9.17, 15) is 0 Å². The fourth-order valence-corrected chi connectivity index (χ4v) is 3.36. The van der Waals surface area contributed by atoms with E-state index in [0.717, 1.165) is 14.6 Å². The lowest BCUT2D eigenvalue weighted by Crippen LogP contribution is -2.07. The minimum absolute atomic E-state index is 0.0528. The second kappa shape index (κ2) is 7.48. The second-order valence-corrected chi connectivity index (χ2v) is 6.28. The van der Waals surface area contributed by atoms with Crippen LogP contribution in [0.4, 0.5) is 5.69 Å². The quantitative estimate of drug-likeness (QED) is 0.729. The van der Waals surface area contributed by atoms with E-state index in [2.05, 4.69) is 50.2 Å². The van der Waals surface area contributed by atoms with Crippen molar-refractivity contribution in [2.24, 2.45) is 0 Å². The molecule has 0 aliphatic carbocycles. The van der Waals surface area contributed by atoms with Crippen molar-refractivity contribution in [3.05, 3.63) is 57.0 Å². The van der Waals surface area contributed by atoms with Crippen LogP contribution in [0.15, 0.2) is 51.4 Å². The summed E-state index contributed by atoms with van der Waals surface area (Å²) in [7, 11) is 0. The highest BCUT2D eigenvalue weighted by atomic mass is 79.9. The summed E-state index contributed by atoms with van der Waals surface area (Å²) in [5, 5.41) is 12.0. The van der Waals surface area contributed by atoms with Gasteiger partial charge < -0.3 is 10.1 Å². The van der Waals surface area contributed by atoms with Crippen LogP contribution in [0, 0.1) is 11.3 Å². The molecule has 1 unspecified atom stereocenters. The third-order valence-electron chi connectivity index (χ3n) is 2.95. The minimum atomic E-state index is 0.0528. The standard InChI is InChI=1S/C16H14Br2N2O/c1-11(15-6-5-12(17)9-16(15)18)20-13-3-2-4-14(10-13)21-8-7-19/h2-6,9-11,20H,8H2,1H3. The molecule has 5 heteroatoms. The van der Waals surface area contributed by atoms with Gasteiger partial charge in [-0.3, -0.25) is 0 Å². The third kappa shape index (κ3) is 4.48. The summed E-state index contributed by atoms with van der Waals surface area (Å²) in [6.07, 6.45) is 0. The Morgan fingerprint density at radius 2 is 2.05 bits per heavy atom. The Morgan fingerprint density at radius 3 is 2.76 bits per heavy atom. The van der Waals surface area contributed by atoms with Gasteiger partial charge in [-0.1, -0.05) is 44.0 Å². The summed E-state index contributed by atoms with van der Waals surface area (Å²) in [6, 6.07) is 15.8. The Hall–Kier alpha value is -1.51. The monoisotopic (exact) mass is 408 g/mol. The number of ether oxygens (including phenoxy) is 1. The molecular formula is C16H14Br2N2O. The molecule has 2 rings (SSSR count). The maximum atomic E-state index is 8.54. The first kappa shape index (κ1) is 15.9. The van der Waals surface area contributed by atoms with Crippen molar-refractivity contribution in [1.82, 2.24) is 0 Å². The predicted molar refractivity (Wildman–Crippen MR) is 91.4 cm³/mol. The molecule has 1 N–H and O–H groups in total. The lowest BCUT2D eigenvalue weighted by Gasteiger charge is -2.18. The Kier molecular flexibility index (Phi) is 5.66. The van der Waals surface area contributed by atoms with Crippen LogP contribution >= 0.6 is 31.9 Å². The molecule has 0 saturated carbocycles. The number of anilines is 1. The van der Waals surface area contributed by atoms with Gasteiger partial charge in [-0.2, -0.15) is 5.26 Å². The third-order valence-corrected chi connectivity index (χ3v) is 4.13. The van der Waals surface area contributed by atoms with Gasteiger partial charge in [0.2, 0.25) is 0 Å². The lowest BCUT2D eigenvalue weighted by molar-refractivity contribution is 0.368. The molecule has 0 aliphatic rings. The number of hydrogen-bond acceptors (Lipinski definition) is 3. The molecule has 0 aliphatic heterocycles. The van der Waals surface area contributed by atoms with E-state index in [1.807, 2.05) is 42.5 Å². The second-order valence-electron chi connectivity index (χ2n) is 4.51. The van der Waals surface area contributed by atoms with Gasteiger partial charge in [-0.15, -0.1) is 0 Å². The normalized spacial score (nSPS) is 11.5. The Labute approximate surface area is 141 Å². The number of benzene rings is 2. The fraction of sp³-hybridized carbons (Fsp3) is 0.188. The van der Waals surface area contributed by atoms with Crippen molar-refractivity contribution in [3.63, 3.8) is 0 Å². The Balaban J connectivity index is 2.12. The SMILES string of the molecule is CC(Nc1cccc(OCC#N)c1)c1ccc(Br)cc1Br. The van der Waals surface area contributed by atoms with E-state index < -0.39 is 0 Å². The number of rotatable bonds is 5. The molecule has 0 fully saturated rings. The first-order chi connectivity index (χ1) is 10.1. The van der Waals surface area contributed by atoms with Crippen LogP contribution in [0.1, 0.15) is 18.5 Å². The highest BCUT2D eigenvalue weighted by Crippen LogP contribution is 2.29. The number of nitriles is 1. The zero-order valence-corrected chi connectivity index (χ0v) is 14.6. The zero-order valence-electron chi connectivity index (χ0n) is 11.4. The first-order valence-corrected chi connectivity index (χ1v) is 8.00. The fourth-order valence-electron chi connectivity index (χ4n) is 1.97. The van der Waals surface area contributed by atoms with Crippen molar-refractivity contribution in [2.75, 3.05) is 11.9 Å². The number of nitrogens with one attached hydrogen (secondary N) is 1. The van der Waals surface area contributed by atoms with Gasteiger partial charge in [-0.05, 0) is 36.8 Å². The molecule has 108 valence electrons. The molecule has 0 amide bonds. The summed E-state index contributed by atoms with van der Waals surface area (Å²) >= 11 is 7.03. The molecule has 2 aromatic rings. The van der Waals surface area contributed by atoms with E-state index in [1.165, 1.54) is 5.56 Å². The molecule has 0 bridgehead atoms. The summed E-state index contributed by atoms with van der Waals surface area (Å²) in [4.78, 5) is 0. The average molecular weight is 410 g/mol.